The van der Waals surface area contributed by atoms with Crippen LogP contribution in [0.15, 0.2) is 18.6 Å². The lowest BCUT2D eigenvalue weighted by Gasteiger charge is -2.18. The predicted molar refractivity (Wildman–Crippen MR) is 113 cm³/mol. The van der Waals surface area contributed by atoms with Gasteiger partial charge in [0.25, 0.3) is 5.91 Å². The van der Waals surface area contributed by atoms with Crippen LogP contribution in [0.2, 0.25) is 0 Å². The van der Waals surface area contributed by atoms with E-state index in [1.54, 1.807) is 11.1 Å². The van der Waals surface area contributed by atoms with Gasteiger partial charge in [0.05, 0.1) is 17.6 Å². The zero-order chi connectivity index (χ0) is 20.7. The highest BCUT2D eigenvalue weighted by molar-refractivity contribution is 5.96. The van der Waals surface area contributed by atoms with Gasteiger partial charge in [-0.15, -0.1) is 0 Å². The van der Waals surface area contributed by atoms with Gasteiger partial charge < -0.3 is 9.47 Å². The number of amides is 1. The molecular weight excluding hydrogens is 364 g/mol. The molecule has 0 aromatic carbocycles. The largest absolute Gasteiger partial charge is 0.337 e. The van der Waals surface area contributed by atoms with Crippen LogP contribution in [0.4, 0.5) is 0 Å². The van der Waals surface area contributed by atoms with Crippen LogP contribution in [0.3, 0.4) is 0 Å². The Morgan fingerprint density at radius 2 is 1.97 bits per heavy atom. The first-order valence-corrected chi connectivity index (χ1v) is 10.5. The van der Waals surface area contributed by atoms with E-state index in [0.717, 1.165) is 28.1 Å². The highest BCUT2D eigenvalue weighted by Crippen LogP contribution is 2.31. The number of hydrogen-bond donors (Lipinski definition) is 0. The lowest BCUT2D eigenvalue weighted by atomic mass is 10.1. The molecular formula is C22H30N6O. The molecule has 1 aliphatic carbocycles. The number of rotatable bonds is 5. The van der Waals surface area contributed by atoms with Gasteiger partial charge in [0.2, 0.25) is 0 Å². The minimum absolute atomic E-state index is 0.0501. The third-order valence-electron chi connectivity index (χ3n) is 6.08. The molecule has 154 valence electrons. The van der Waals surface area contributed by atoms with Crippen LogP contribution in [-0.2, 0) is 6.54 Å². The first-order valence-electron chi connectivity index (χ1n) is 10.5. The Morgan fingerprint density at radius 1 is 1.24 bits per heavy atom. The fourth-order valence-corrected chi connectivity index (χ4v) is 4.44. The summed E-state index contributed by atoms with van der Waals surface area (Å²) in [6.07, 6.45) is 8.44. The van der Waals surface area contributed by atoms with Gasteiger partial charge in [-0.1, -0.05) is 12.8 Å². The van der Waals surface area contributed by atoms with Crippen molar-refractivity contribution in [1.82, 2.24) is 29.2 Å². The van der Waals surface area contributed by atoms with Crippen LogP contribution in [0.25, 0.3) is 11.2 Å². The van der Waals surface area contributed by atoms with Crippen molar-refractivity contribution in [2.45, 2.75) is 72.0 Å². The molecule has 0 radical (unpaired) electrons. The summed E-state index contributed by atoms with van der Waals surface area (Å²) in [7, 11) is 1.83. The van der Waals surface area contributed by atoms with Crippen LogP contribution in [0, 0.1) is 13.8 Å². The molecule has 0 N–H and O–H groups in total. The quantitative estimate of drug-likeness (QED) is 0.650. The van der Waals surface area contributed by atoms with Crippen molar-refractivity contribution < 1.29 is 4.79 Å². The molecule has 7 nitrogen and oxygen atoms in total. The van der Waals surface area contributed by atoms with Gasteiger partial charge in [0, 0.05) is 43.1 Å². The second kappa shape index (κ2) is 7.61. The Bertz CT molecular complexity index is 1040. The minimum Gasteiger partial charge on any atom is -0.337 e. The van der Waals surface area contributed by atoms with Gasteiger partial charge in [-0.2, -0.15) is 5.10 Å². The summed E-state index contributed by atoms with van der Waals surface area (Å²) in [5.41, 5.74) is 5.43. The van der Waals surface area contributed by atoms with Crippen molar-refractivity contribution in [2.75, 3.05) is 7.05 Å². The van der Waals surface area contributed by atoms with Crippen LogP contribution < -0.4 is 0 Å². The first kappa shape index (κ1) is 19.6. The summed E-state index contributed by atoms with van der Waals surface area (Å²) in [4.78, 5) is 23.9. The molecule has 1 amide bonds. The molecule has 0 unspecified atom stereocenters. The van der Waals surface area contributed by atoms with E-state index in [-0.39, 0.29) is 5.91 Å². The van der Waals surface area contributed by atoms with Crippen molar-refractivity contribution in [3.05, 3.63) is 41.1 Å². The molecule has 3 heterocycles. The van der Waals surface area contributed by atoms with Gasteiger partial charge in [-0.25, -0.2) is 9.97 Å². The second-order valence-corrected chi connectivity index (χ2v) is 8.51. The SMILES string of the molecule is Cc1nn(C(C)C)c(C)c1CN(C)C(=O)c1cnc2c(c1)ncn2C1CCCC1. The molecule has 3 aromatic rings. The molecule has 0 aliphatic heterocycles. The minimum atomic E-state index is -0.0501. The number of aromatic nitrogens is 5. The number of nitrogens with zero attached hydrogens (tertiary/aromatic N) is 6. The van der Waals surface area contributed by atoms with Crippen LogP contribution >= 0.6 is 0 Å². The van der Waals surface area contributed by atoms with Gasteiger partial charge >= 0.3 is 0 Å². The summed E-state index contributed by atoms with van der Waals surface area (Å²) in [6, 6.07) is 2.65. The molecule has 1 saturated carbocycles. The monoisotopic (exact) mass is 394 g/mol. The van der Waals surface area contributed by atoms with Gasteiger partial charge in [0.1, 0.15) is 5.52 Å². The van der Waals surface area contributed by atoms with E-state index in [2.05, 4.69) is 40.4 Å². The topological polar surface area (TPSA) is 68.8 Å². The molecule has 0 bridgehead atoms. The van der Waals surface area contributed by atoms with Crippen LogP contribution in [-0.4, -0.2) is 42.2 Å². The summed E-state index contributed by atoms with van der Waals surface area (Å²) < 4.78 is 4.19. The smallest absolute Gasteiger partial charge is 0.255 e. The Kier molecular flexibility index (Phi) is 5.15. The van der Waals surface area contributed by atoms with Crippen molar-refractivity contribution in [1.29, 1.82) is 0 Å². The Labute approximate surface area is 171 Å². The van der Waals surface area contributed by atoms with Crippen molar-refractivity contribution in [3.8, 4) is 0 Å². The van der Waals surface area contributed by atoms with Crippen LogP contribution in [0.5, 0.6) is 0 Å². The van der Waals surface area contributed by atoms with Crippen molar-refractivity contribution >= 4 is 17.1 Å². The average Bonchev–Trinajstić information content (AvgIpc) is 3.42. The number of carbonyl (C=O) groups is 1. The van der Waals surface area contributed by atoms with E-state index in [0.29, 0.717) is 24.2 Å². The summed E-state index contributed by atoms with van der Waals surface area (Å²) >= 11 is 0. The Balaban J connectivity index is 1.55. The van der Waals surface area contributed by atoms with Gasteiger partial charge in [0.15, 0.2) is 5.65 Å². The molecule has 0 saturated heterocycles. The highest BCUT2D eigenvalue weighted by Gasteiger charge is 2.22. The number of carbonyl (C=O) groups excluding carboxylic acids is 1. The summed E-state index contributed by atoms with van der Waals surface area (Å²) in [6.45, 7) is 8.82. The molecule has 4 rings (SSSR count). The maximum atomic E-state index is 13.0. The van der Waals surface area contributed by atoms with E-state index in [1.807, 2.05) is 31.0 Å². The maximum absolute atomic E-state index is 13.0. The Morgan fingerprint density at radius 3 is 2.62 bits per heavy atom. The highest BCUT2D eigenvalue weighted by atomic mass is 16.2. The molecule has 1 fully saturated rings. The van der Waals surface area contributed by atoms with E-state index in [1.165, 1.54) is 25.7 Å². The lowest BCUT2D eigenvalue weighted by molar-refractivity contribution is 0.0784. The fraction of sp³-hybridized carbons (Fsp3) is 0.545. The number of pyridine rings is 1. The zero-order valence-corrected chi connectivity index (χ0v) is 18.0. The van der Waals surface area contributed by atoms with Gasteiger partial charge in [-0.05, 0) is 46.6 Å². The van der Waals surface area contributed by atoms with Crippen molar-refractivity contribution in [2.24, 2.45) is 0 Å². The Hall–Kier alpha value is -2.70. The number of imidazole rings is 1. The fourth-order valence-electron chi connectivity index (χ4n) is 4.44. The zero-order valence-electron chi connectivity index (χ0n) is 18.0. The molecule has 29 heavy (non-hydrogen) atoms. The number of aryl methyl sites for hydroxylation is 1. The molecule has 0 atom stereocenters. The summed E-state index contributed by atoms with van der Waals surface area (Å²) in [5.74, 6) is -0.0501. The third kappa shape index (κ3) is 3.54. The molecule has 3 aromatic heterocycles. The standard InChI is InChI=1S/C22H30N6O/c1-14(2)28-16(4)19(15(3)25-28)12-26(5)22(29)17-10-20-21(23-11-17)27(13-24-20)18-8-6-7-9-18/h10-11,13-14,18H,6-9,12H2,1-5H3. The second-order valence-electron chi connectivity index (χ2n) is 8.51. The average molecular weight is 395 g/mol. The normalized spacial score (nSPS) is 15.0. The summed E-state index contributed by atoms with van der Waals surface area (Å²) in [5, 5.41) is 4.63. The van der Waals surface area contributed by atoms with E-state index < -0.39 is 0 Å². The number of hydrogen-bond acceptors (Lipinski definition) is 4. The predicted octanol–water partition coefficient (Wildman–Crippen LogP) is 4.21. The van der Waals surface area contributed by atoms with E-state index >= 15 is 0 Å². The third-order valence-corrected chi connectivity index (χ3v) is 6.08. The molecule has 0 spiro atoms. The van der Waals surface area contributed by atoms with Crippen LogP contribution in [0.1, 0.15) is 78.9 Å². The number of fused-ring (bicyclic) bond motifs is 1. The van der Waals surface area contributed by atoms with E-state index in [4.69, 9.17) is 0 Å². The van der Waals surface area contributed by atoms with Gasteiger partial charge in [-0.3, -0.25) is 9.48 Å². The maximum Gasteiger partial charge on any atom is 0.255 e. The first-order chi connectivity index (χ1) is 13.9. The lowest BCUT2D eigenvalue weighted by Crippen LogP contribution is -2.27. The van der Waals surface area contributed by atoms with Crippen molar-refractivity contribution in [3.63, 3.8) is 0 Å². The van der Waals surface area contributed by atoms with E-state index in [9.17, 15) is 4.79 Å². The molecule has 7 heteroatoms. The molecule has 1 aliphatic rings.